The van der Waals surface area contributed by atoms with E-state index in [1.807, 2.05) is 18.2 Å². The van der Waals surface area contributed by atoms with Crippen LogP contribution < -0.4 is 5.32 Å². The van der Waals surface area contributed by atoms with Crippen LogP contribution in [0.1, 0.15) is 58.1 Å². The fourth-order valence-corrected chi connectivity index (χ4v) is 3.92. The Morgan fingerprint density at radius 3 is 2.36 bits per heavy atom. The Hall–Kier alpha value is -1.35. The quantitative estimate of drug-likeness (QED) is 0.801. The van der Waals surface area contributed by atoms with Crippen LogP contribution in [-0.2, 0) is 9.53 Å². The first-order chi connectivity index (χ1) is 10.4. The minimum atomic E-state index is -0.472. The molecule has 1 aliphatic carbocycles. The molecule has 1 saturated carbocycles. The van der Waals surface area contributed by atoms with Crippen LogP contribution in [0.4, 0.5) is 0 Å². The standard InChI is InChI=1S/C19H27NO2/c1-18(2,3)15-9-11-19(12-10-15)17(21)22-13-16(20-19)14-7-5-4-6-8-14/h4-8,15-16,20H,9-13H2,1-3H3/t15?,16-,19?/m1/s1. The van der Waals surface area contributed by atoms with E-state index in [4.69, 9.17) is 4.74 Å². The Bertz CT molecular complexity index is 524. The van der Waals surface area contributed by atoms with Gasteiger partial charge in [0.05, 0.1) is 6.04 Å². The molecule has 1 aliphatic heterocycles. The molecule has 3 rings (SSSR count). The molecule has 0 radical (unpaired) electrons. The average Bonchev–Trinajstić information content (AvgIpc) is 2.51. The summed E-state index contributed by atoms with van der Waals surface area (Å²) >= 11 is 0. The van der Waals surface area contributed by atoms with E-state index in [1.165, 1.54) is 5.56 Å². The van der Waals surface area contributed by atoms with E-state index in [0.717, 1.165) is 25.7 Å². The molecule has 1 saturated heterocycles. The van der Waals surface area contributed by atoms with Crippen molar-refractivity contribution >= 4 is 5.97 Å². The zero-order chi connectivity index (χ0) is 15.8. The van der Waals surface area contributed by atoms with E-state index in [2.05, 4.69) is 38.2 Å². The number of ether oxygens (including phenoxy) is 1. The maximum atomic E-state index is 12.4. The summed E-state index contributed by atoms with van der Waals surface area (Å²) in [6.07, 6.45) is 3.95. The normalized spacial score (nSPS) is 32.8. The van der Waals surface area contributed by atoms with Gasteiger partial charge in [-0.2, -0.15) is 0 Å². The van der Waals surface area contributed by atoms with Gasteiger partial charge in [-0.25, -0.2) is 0 Å². The zero-order valence-corrected chi connectivity index (χ0v) is 13.9. The van der Waals surface area contributed by atoms with Gasteiger partial charge in [-0.05, 0) is 42.6 Å². The van der Waals surface area contributed by atoms with E-state index in [9.17, 15) is 4.79 Å². The Kier molecular flexibility index (Phi) is 4.02. The number of morpholine rings is 1. The molecule has 1 atom stereocenters. The molecule has 0 aromatic heterocycles. The highest BCUT2D eigenvalue weighted by Crippen LogP contribution is 2.43. The highest BCUT2D eigenvalue weighted by atomic mass is 16.5. The average molecular weight is 301 g/mol. The lowest BCUT2D eigenvalue weighted by Gasteiger charge is -2.46. The van der Waals surface area contributed by atoms with Gasteiger partial charge >= 0.3 is 5.97 Å². The summed E-state index contributed by atoms with van der Waals surface area (Å²) in [6, 6.07) is 10.4. The molecular weight excluding hydrogens is 274 g/mol. The number of esters is 1. The van der Waals surface area contributed by atoms with Crippen LogP contribution in [0.25, 0.3) is 0 Å². The van der Waals surface area contributed by atoms with Gasteiger partial charge in [-0.3, -0.25) is 10.1 Å². The molecule has 2 fully saturated rings. The van der Waals surface area contributed by atoms with Crippen LogP contribution >= 0.6 is 0 Å². The lowest BCUT2D eigenvalue weighted by atomic mass is 9.67. The molecular formula is C19H27NO2. The highest BCUT2D eigenvalue weighted by Gasteiger charge is 2.48. The minimum absolute atomic E-state index is 0.0490. The van der Waals surface area contributed by atoms with E-state index in [-0.39, 0.29) is 12.0 Å². The molecule has 0 unspecified atom stereocenters. The van der Waals surface area contributed by atoms with Gasteiger partial charge in [0.2, 0.25) is 0 Å². The summed E-state index contributed by atoms with van der Waals surface area (Å²) < 4.78 is 5.56. The van der Waals surface area contributed by atoms with Crippen molar-refractivity contribution in [3.8, 4) is 0 Å². The highest BCUT2D eigenvalue weighted by molar-refractivity contribution is 5.82. The lowest BCUT2D eigenvalue weighted by Crippen LogP contribution is -2.60. The van der Waals surface area contributed by atoms with Crippen LogP contribution in [0.2, 0.25) is 0 Å². The molecule has 1 aromatic carbocycles. The molecule has 1 spiro atoms. The van der Waals surface area contributed by atoms with Gasteiger partial charge in [-0.1, -0.05) is 51.1 Å². The van der Waals surface area contributed by atoms with Crippen molar-refractivity contribution in [3.05, 3.63) is 35.9 Å². The van der Waals surface area contributed by atoms with Crippen molar-refractivity contribution < 1.29 is 9.53 Å². The first kappa shape index (κ1) is 15.5. The Morgan fingerprint density at radius 2 is 1.77 bits per heavy atom. The second kappa shape index (κ2) is 5.69. The maximum Gasteiger partial charge on any atom is 0.326 e. The number of cyclic esters (lactones) is 1. The molecule has 0 bridgehead atoms. The molecule has 120 valence electrons. The van der Waals surface area contributed by atoms with Crippen molar-refractivity contribution in [1.29, 1.82) is 0 Å². The summed E-state index contributed by atoms with van der Waals surface area (Å²) in [5.74, 6) is 0.636. The van der Waals surface area contributed by atoms with Crippen LogP contribution in [0.3, 0.4) is 0 Å². The van der Waals surface area contributed by atoms with Crippen molar-refractivity contribution in [3.63, 3.8) is 0 Å². The molecule has 1 N–H and O–H groups in total. The number of hydrogen-bond acceptors (Lipinski definition) is 3. The van der Waals surface area contributed by atoms with Gasteiger partial charge in [0.25, 0.3) is 0 Å². The third-order valence-corrected chi connectivity index (χ3v) is 5.49. The fraction of sp³-hybridized carbons (Fsp3) is 0.632. The smallest absolute Gasteiger partial charge is 0.326 e. The Labute approximate surface area is 133 Å². The van der Waals surface area contributed by atoms with Crippen molar-refractivity contribution in [2.45, 2.75) is 58.0 Å². The minimum Gasteiger partial charge on any atom is -0.462 e. The summed E-state index contributed by atoms with van der Waals surface area (Å²) in [6.45, 7) is 7.34. The summed E-state index contributed by atoms with van der Waals surface area (Å²) in [4.78, 5) is 12.4. The predicted molar refractivity (Wildman–Crippen MR) is 87.4 cm³/mol. The topological polar surface area (TPSA) is 38.3 Å². The molecule has 1 heterocycles. The van der Waals surface area contributed by atoms with Crippen LogP contribution in [0.5, 0.6) is 0 Å². The van der Waals surface area contributed by atoms with E-state index in [0.29, 0.717) is 17.9 Å². The third-order valence-electron chi connectivity index (χ3n) is 5.49. The predicted octanol–water partition coefficient (Wildman–Crippen LogP) is 3.85. The number of benzene rings is 1. The number of hydrogen-bond donors (Lipinski definition) is 1. The van der Waals surface area contributed by atoms with Gasteiger partial charge < -0.3 is 4.74 Å². The molecule has 22 heavy (non-hydrogen) atoms. The third kappa shape index (κ3) is 2.91. The van der Waals surface area contributed by atoms with Crippen LogP contribution in [0, 0.1) is 11.3 Å². The number of carbonyl (C=O) groups excluding carboxylic acids is 1. The SMILES string of the molecule is CC(C)(C)C1CCC2(CC1)N[C@@H](c1ccccc1)COC2=O. The fourth-order valence-electron chi connectivity index (χ4n) is 3.92. The zero-order valence-electron chi connectivity index (χ0n) is 13.9. The molecule has 1 aromatic rings. The summed E-state index contributed by atoms with van der Waals surface area (Å²) in [7, 11) is 0. The molecule has 3 heteroatoms. The first-order valence-electron chi connectivity index (χ1n) is 8.41. The largest absolute Gasteiger partial charge is 0.462 e. The number of rotatable bonds is 1. The summed E-state index contributed by atoms with van der Waals surface area (Å²) in [5.41, 5.74) is 1.05. The Balaban J connectivity index is 1.74. The molecule has 2 aliphatic rings. The summed E-state index contributed by atoms with van der Waals surface area (Å²) in [5, 5.41) is 3.63. The van der Waals surface area contributed by atoms with Crippen molar-refractivity contribution in [2.24, 2.45) is 11.3 Å². The number of carbonyl (C=O) groups is 1. The monoisotopic (exact) mass is 301 g/mol. The van der Waals surface area contributed by atoms with Crippen LogP contribution in [0.15, 0.2) is 30.3 Å². The molecule has 0 amide bonds. The second-order valence-electron chi connectivity index (χ2n) is 7.93. The van der Waals surface area contributed by atoms with Gasteiger partial charge in [0.1, 0.15) is 12.1 Å². The lowest BCUT2D eigenvalue weighted by molar-refractivity contribution is -0.162. The second-order valence-corrected chi connectivity index (χ2v) is 7.93. The van der Waals surface area contributed by atoms with Gasteiger partial charge in [0.15, 0.2) is 0 Å². The van der Waals surface area contributed by atoms with Gasteiger partial charge in [0, 0.05) is 0 Å². The van der Waals surface area contributed by atoms with Crippen molar-refractivity contribution in [2.75, 3.05) is 6.61 Å². The van der Waals surface area contributed by atoms with E-state index < -0.39 is 5.54 Å². The number of nitrogens with one attached hydrogen (secondary N) is 1. The van der Waals surface area contributed by atoms with Crippen molar-refractivity contribution in [1.82, 2.24) is 5.32 Å². The van der Waals surface area contributed by atoms with E-state index >= 15 is 0 Å². The maximum absolute atomic E-state index is 12.4. The van der Waals surface area contributed by atoms with E-state index in [1.54, 1.807) is 0 Å². The Morgan fingerprint density at radius 1 is 1.14 bits per heavy atom. The first-order valence-corrected chi connectivity index (χ1v) is 8.41. The molecule has 3 nitrogen and oxygen atoms in total. The van der Waals surface area contributed by atoms with Gasteiger partial charge in [-0.15, -0.1) is 0 Å². The van der Waals surface area contributed by atoms with Crippen LogP contribution in [-0.4, -0.2) is 18.1 Å².